The fourth-order valence-corrected chi connectivity index (χ4v) is 6.63. The number of nitrogens with one attached hydrogen (secondary N) is 1. The third-order valence-electron chi connectivity index (χ3n) is 9.44. The highest BCUT2D eigenvalue weighted by Crippen LogP contribution is 2.42. The average Bonchev–Trinajstić information content (AvgIpc) is 3.26. The van der Waals surface area contributed by atoms with Gasteiger partial charge in [-0.05, 0) is 96.3 Å². The van der Waals surface area contributed by atoms with Crippen LogP contribution in [0.5, 0.6) is 0 Å². The van der Waals surface area contributed by atoms with E-state index in [-0.39, 0.29) is 32.1 Å². The van der Waals surface area contributed by atoms with Crippen LogP contribution in [0.3, 0.4) is 0 Å². The van der Waals surface area contributed by atoms with Gasteiger partial charge in [0.25, 0.3) is 0 Å². The van der Waals surface area contributed by atoms with E-state index in [0.717, 1.165) is 89.9 Å². The summed E-state index contributed by atoms with van der Waals surface area (Å²) in [6, 6.07) is 0. The van der Waals surface area contributed by atoms with Crippen LogP contribution in [-0.2, 0) is 27.9 Å². The Labute approximate surface area is 377 Å². The van der Waals surface area contributed by atoms with E-state index in [1.165, 1.54) is 51.4 Å². The fraction of sp³-hybridized carbons (Fsp3) is 0.615. The van der Waals surface area contributed by atoms with Gasteiger partial charge in [-0.25, -0.2) is 4.57 Å². The Balaban J connectivity index is 3.72. The number of aliphatic hydroxyl groups excluding tert-OH is 1. The molecule has 0 rings (SSSR count). The molecule has 0 aliphatic carbocycles. The molecular formula is C52H86NO8P. The van der Waals surface area contributed by atoms with Crippen molar-refractivity contribution in [1.82, 2.24) is 5.32 Å². The first-order valence-electron chi connectivity index (χ1n) is 23.9. The first kappa shape index (κ1) is 58.7. The second-order valence-corrected chi connectivity index (χ2v) is 16.8. The molecule has 0 saturated heterocycles. The zero-order chi connectivity index (χ0) is 45.3. The van der Waals surface area contributed by atoms with Crippen LogP contribution >= 0.6 is 7.82 Å². The largest absolute Gasteiger partial charge is 0.472 e. The Hall–Kier alpha value is -3.33. The number of unbranched alkanes of at least 4 members (excludes halogenated alkanes) is 12. The molecule has 0 aromatic carbocycles. The van der Waals surface area contributed by atoms with Crippen molar-refractivity contribution < 1.29 is 37.9 Å². The van der Waals surface area contributed by atoms with Crippen molar-refractivity contribution in [1.29, 1.82) is 0 Å². The fourth-order valence-electron chi connectivity index (χ4n) is 5.87. The van der Waals surface area contributed by atoms with Gasteiger partial charge in [0, 0.05) is 19.4 Å². The van der Waals surface area contributed by atoms with E-state index in [9.17, 15) is 24.2 Å². The zero-order valence-corrected chi connectivity index (χ0v) is 39.7. The monoisotopic (exact) mass is 884 g/mol. The van der Waals surface area contributed by atoms with Gasteiger partial charge < -0.3 is 20.1 Å². The van der Waals surface area contributed by atoms with E-state index in [1.54, 1.807) is 0 Å². The predicted octanol–water partition coefficient (Wildman–Crippen LogP) is 13.9. The molecule has 0 radical (unpaired) electrons. The molecule has 0 aliphatic heterocycles. The smallest absolute Gasteiger partial charge is 0.463 e. The van der Waals surface area contributed by atoms with E-state index in [4.69, 9.17) is 13.8 Å². The number of hydrogen-bond donors (Lipinski definition) is 3. The van der Waals surface area contributed by atoms with Crippen molar-refractivity contribution in [3.63, 3.8) is 0 Å². The summed E-state index contributed by atoms with van der Waals surface area (Å²) in [5, 5.41) is 12.7. The van der Waals surface area contributed by atoms with Gasteiger partial charge in [0.1, 0.15) is 12.7 Å². The molecule has 0 aromatic heterocycles. The van der Waals surface area contributed by atoms with Crippen LogP contribution in [0.4, 0.5) is 0 Å². The summed E-state index contributed by atoms with van der Waals surface area (Å²) in [6.45, 7) is 3.33. The molecular weight excluding hydrogens is 798 g/mol. The molecule has 2 unspecified atom stereocenters. The van der Waals surface area contributed by atoms with Gasteiger partial charge in [0.15, 0.2) is 0 Å². The minimum atomic E-state index is -4.45. The standard InChI is InChI=1S/C52H86NO8P/c1-3-5-7-9-11-13-15-17-19-21-23-24-25-26-27-28-30-32-34-36-38-40-42-44-51(55)53-46-47-60-62(57,58)61-49-50(54)48-59-52(56)45-43-41-39-37-35-33-31-29-22-20-18-16-14-12-10-8-6-4-2/h5,7,11,13-14,16-17,19-20,22-24,26-27,30,32,36,38,50,54H,3-4,6,8-10,12,15,18,21,25,28-29,31,33-35,37,39-49H2,1-2H3,(H,53,55)(H,57,58)/b7-5-,13-11-,16-14-,19-17-,22-20-,24-23-,27-26-,32-30-,38-36-. The molecule has 1 amide bonds. The number of amides is 1. The maximum atomic E-state index is 12.1. The molecule has 352 valence electrons. The first-order valence-corrected chi connectivity index (χ1v) is 25.4. The number of esters is 1. The van der Waals surface area contributed by atoms with Crippen LogP contribution in [0.1, 0.15) is 174 Å². The van der Waals surface area contributed by atoms with Crippen molar-refractivity contribution in [2.75, 3.05) is 26.4 Å². The Bertz CT molecular complexity index is 1380. The van der Waals surface area contributed by atoms with Crippen LogP contribution < -0.4 is 5.32 Å². The molecule has 0 spiro atoms. The summed E-state index contributed by atoms with van der Waals surface area (Å²) in [5.74, 6) is -0.593. The number of phosphoric ester groups is 1. The lowest BCUT2D eigenvalue weighted by molar-refractivity contribution is -0.147. The van der Waals surface area contributed by atoms with Crippen molar-refractivity contribution in [2.45, 2.75) is 180 Å². The van der Waals surface area contributed by atoms with E-state index in [1.807, 2.05) is 0 Å². The Morgan fingerprint density at radius 2 is 0.935 bits per heavy atom. The summed E-state index contributed by atoms with van der Waals surface area (Å²) in [5.41, 5.74) is 0. The average molecular weight is 884 g/mol. The van der Waals surface area contributed by atoms with Crippen molar-refractivity contribution in [2.24, 2.45) is 0 Å². The number of phosphoric acid groups is 1. The molecule has 0 heterocycles. The van der Waals surface area contributed by atoms with Crippen LogP contribution in [0.15, 0.2) is 109 Å². The van der Waals surface area contributed by atoms with Crippen molar-refractivity contribution in [3.8, 4) is 0 Å². The minimum Gasteiger partial charge on any atom is -0.463 e. The third-order valence-corrected chi connectivity index (χ3v) is 10.4. The molecule has 3 N–H and O–H groups in total. The number of rotatable bonds is 43. The SMILES string of the molecule is CC/C=C\C/C=C\C/C=C\C/C=C\C/C=C\C/C=C\C/C=C\CCCC(=O)NCCOP(=O)(O)OCC(O)COC(=O)CCCCCCCCC/C=C\C/C=C\CCCCCC. The van der Waals surface area contributed by atoms with Gasteiger partial charge in [-0.1, -0.05) is 175 Å². The minimum absolute atomic E-state index is 0.0423. The highest BCUT2D eigenvalue weighted by Gasteiger charge is 2.23. The van der Waals surface area contributed by atoms with Crippen LogP contribution in [-0.4, -0.2) is 54.3 Å². The van der Waals surface area contributed by atoms with Crippen molar-refractivity contribution in [3.05, 3.63) is 109 Å². The zero-order valence-electron chi connectivity index (χ0n) is 38.8. The van der Waals surface area contributed by atoms with E-state index >= 15 is 0 Å². The van der Waals surface area contributed by atoms with Gasteiger partial charge in [0.05, 0.1) is 13.2 Å². The summed E-state index contributed by atoms with van der Waals surface area (Å²) in [4.78, 5) is 34.0. The molecule has 9 nitrogen and oxygen atoms in total. The Morgan fingerprint density at radius 3 is 1.42 bits per heavy atom. The van der Waals surface area contributed by atoms with E-state index in [0.29, 0.717) is 12.8 Å². The maximum absolute atomic E-state index is 12.1. The summed E-state index contributed by atoms with van der Waals surface area (Å²) in [6.07, 6.45) is 63.1. The lowest BCUT2D eigenvalue weighted by atomic mass is 10.1. The molecule has 0 fully saturated rings. The van der Waals surface area contributed by atoms with Gasteiger partial charge >= 0.3 is 13.8 Å². The lowest BCUT2D eigenvalue weighted by Gasteiger charge is -2.15. The molecule has 0 aliphatic rings. The quantitative estimate of drug-likeness (QED) is 0.0239. The molecule has 0 saturated carbocycles. The van der Waals surface area contributed by atoms with E-state index in [2.05, 4.69) is 129 Å². The van der Waals surface area contributed by atoms with Crippen LogP contribution in [0.2, 0.25) is 0 Å². The van der Waals surface area contributed by atoms with E-state index < -0.39 is 26.5 Å². The lowest BCUT2D eigenvalue weighted by Crippen LogP contribution is -2.27. The summed E-state index contributed by atoms with van der Waals surface area (Å²) in [7, 11) is -4.45. The van der Waals surface area contributed by atoms with Crippen molar-refractivity contribution >= 4 is 19.7 Å². The molecule has 0 bridgehead atoms. The number of carbonyl (C=O) groups is 2. The Morgan fingerprint density at radius 1 is 0.516 bits per heavy atom. The molecule has 10 heteroatoms. The number of allylic oxidation sites excluding steroid dienone is 18. The first-order chi connectivity index (χ1) is 30.3. The number of carbonyl (C=O) groups excluding carboxylic acids is 2. The third kappa shape index (κ3) is 47.7. The Kier molecular flexibility index (Phi) is 44.6. The second-order valence-electron chi connectivity index (χ2n) is 15.3. The van der Waals surface area contributed by atoms with Gasteiger partial charge in [-0.2, -0.15) is 0 Å². The number of aliphatic hydroxyl groups is 1. The topological polar surface area (TPSA) is 131 Å². The predicted molar refractivity (Wildman–Crippen MR) is 261 cm³/mol. The van der Waals surface area contributed by atoms with Crippen LogP contribution in [0.25, 0.3) is 0 Å². The van der Waals surface area contributed by atoms with Crippen LogP contribution in [0, 0.1) is 0 Å². The summed E-state index contributed by atoms with van der Waals surface area (Å²) >= 11 is 0. The normalized spacial score (nSPS) is 14.2. The highest BCUT2D eigenvalue weighted by atomic mass is 31.2. The number of hydrogen-bond acceptors (Lipinski definition) is 7. The molecule has 2 atom stereocenters. The molecule has 0 aromatic rings. The highest BCUT2D eigenvalue weighted by molar-refractivity contribution is 7.47. The van der Waals surface area contributed by atoms with Gasteiger partial charge in [-0.15, -0.1) is 0 Å². The number of ether oxygens (including phenoxy) is 1. The molecule has 62 heavy (non-hydrogen) atoms. The van der Waals surface area contributed by atoms with Gasteiger partial charge in [-0.3, -0.25) is 18.6 Å². The summed E-state index contributed by atoms with van der Waals surface area (Å²) < 4.78 is 26.9. The second kappa shape index (κ2) is 47.2. The van der Waals surface area contributed by atoms with Gasteiger partial charge in [0.2, 0.25) is 5.91 Å². The maximum Gasteiger partial charge on any atom is 0.472 e.